The van der Waals surface area contributed by atoms with Gasteiger partial charge in [0.05, 0.1) is 12.2 Å². The standard InChI is InChI=1S/C12H23NO/c1-4-10(3)14-12-8-6-11(7-9-12)13-5-2/h4,10-13H,1,5-9H2,2-3H3. The molecule has 1 aliphatic carbocycles. The van der Waals surface area contributed by atoms with Crippen LogP contribution in [0.1, 0.15) is 39.5 Å². The molecule has 0 aromatic carbocycles. The lowest BCUT2D eigenvalue weighted by atomic mass is 9.93. The molecule has 0 radical (unpaired) electrons. The van der Waals surface area contributed by atoms with Gasteiger partial charge < -0.3 is 10.1 Å². The van der Waals surface area contributed by atoms with E-state index >= 15 is 0 Å². The van der Waals surface area contributed by atoms with Gasteiger partial charge in [0.25, 0.3) is 0 Å². The lowest BCUT2D eigenvalue weighted by molar-refractivity contribution is -0.00325. The highest BCUT2D eigenvalue weighted by atomic mass is 16.5. The number of ether oxygens (including phenoxy) is 1. The maximum atomic E-state index is 5.82. The van der Waals surface area contributed by atoms with E-state index in [0.29, 0.717) is 6.10 Å². The molecule has 0 bridgehead atoms. The first-order valence-electron chi connectivity index (χ1n) is 5.77. The Bertz CT molecular complexity index is 162. The SMILES string of the molecule is C=CC(C)OC1CCC(NCC)CC1. The molecule has 0 aromatic heterocycles. The Kier molecular flexibility index (Phi) is 5.20. The minimum absolute atomic E-state index is 0.204. The van der Waals surface area contributed by atoms with Crippen LogP contribution >= 0.6 is 0 Å². The van der Waals surface area contributed by atoms with Crippen molar-refractivity contribution >= 4 is 0 Å². The predicted molar refractivity (Wildman–Crippen MR) is 60.5 cm³/mol. The largest absolute Gasteiger partial charge is 0.371 e. The summed E-state index contributed by atoms with van der Waals surface area (Å²) in [4.78, 5) is 0. The summed E-state index contributed by atoms with van der Waals surface area (Å²) in [6.07, 6.45) is 7.42. The molecule has 0 spiro atoms. The Hall–Kier alpha value is -0.340. The minimum atomic E-state index is 0.204. The molecule has 0 saturated heterocycles. The minimum Gasteiger partial charge on any atom is -0.371 e. The predicted octanol–water partition coefficient (Wildman–Crippen LogP) is 2.50. The molecular formula is C12H23NO. The Morgan fingerprint density at radius 1 is 1.43 bits per heavy atom. The van der Waals surface area contributed by atoms with Crippen molar-refractivity contribution in [2.45, 2.75) is 57.8 Å². The van der Waals surface area contributed by atoms with Gasteiger partial charge >= 0.3 is 0 Å². The average Bonchev–Trinajstić information content (AvgIpc) is 2.21. The monoisotopic (exact) mass is 197 g/mol. The third kappa shape index (κ3) is 3.81. The van der Waals surface area contributed by atoms with Gasteiger partial charge in [-0.3, -0.25) is 0 Å². The topological polar surface area (TPSA) is 21.3 Å². The maximum absolute atomic E-state index is 5.82. The van der Waals surface area contributed by atoms with Crippen molar-refractivity contribution in [3.05, 3.63) is 12.7 Å². The average molecular weight is 197 g/mol. The smallest absolute Gasteiger partial charge is 0.0728 e. The Morgan fingerprint density at radius 3 is 2.57 bits per heavy atom. The van der Waals surface area contributed by atoms with Crippen LogP contribution in [0.5, 0.6) is 0 Å². The third-order valence-electron chi connectivity index (χ3n) is 2.91. The lowest BCUT2D eigenvalue weighted by Crippen LogP contribution is -2.35. The van der Waals surface area contributed by atoms with Gasteiger partial charge in [-0.25, -0.2) is 0 Å². The van der Waals surface area contributed by atoms with Gasteiger partial charge in [0.2, 0.25) is 0 Å². The number of rotatable bonds is 5. The number of nitrogens with one attached hydrogen (secondary N) is 1. The van der Waals surface area contributed by atoms with Crippen LogP contribution < -0.4 is 5.32 Å². The molecule has 0 amide bonds. The van der Waals surface area contributed by atoms with E-state index in [4.69, 9.17) is 4.74 Å². The molecular weight excluding hydrogens is 174 g/mol. The molecule has 2 heteroatoms. The molecule has 0 aliphatic heterocycles. The summed E-state index contributed by atoms with van der Waals surface area (Å²) in [5.41, 5.74) is 0. The first kappa shape index (κ1) is 11.7. The van der Waals surface area contributed by atoms with Crippen molar-refractivity contribution in [1.29, 1.82) is 0 Å². The van der Waals surface area contributed by atoms with E-state index in [9.17, 15) is 0 Å². The fourth-order valence-corrected chi connectivity index (χ4v) is 2.05. The fourth-order valence-electron chi connectivity index (χ4n) is 2.05. The van der Waals surface area contributed by atoms with Crippen molar-refractivity contribution in [2.75, 3.05) is 6.54 Å². The highest BCUT2D eigenvalue weighted by molar-refractivity contribution is 4.81. The molecule has 1 rings (SSSR count). The van der Waals surface area contributed by atoms with Gasteiger partial charge in [-0.2, -0.15) is 0 Å². The van der Waals surface area contributed by atoms with Gasteiger partial charge in [-0.05, 0) is 39.2 Å². The summed E-state index contributed by atoms with van der Waals surface area (Å²) in [7, 11) is 0. The normalized spacial score (nSPS) is 29.9. The van der Waals surface area contributed by atoms with Crippen LogP contribution in [0.2, 0.25) is 0 Å². The highest BCUT2D eigenvalue weighted by Crippen LogP contribution is 2.22. The Balaban J connectivity index is 2.18. The quantitative estimate of drug-likeness (QED) is 0.684. The molecule has 1 unspecified atom stereocenters. The Morgan fingerprint density at radius 2 is 2.07 bits per heavy atom. The zero-order valence-electron chi connectivity index (χ0n) is 9.46. The van der Waals surface area contributed by atoms with E-state index in [-0.39, 0.29) is 6.10 Å². The molecule has 14 heavy (non-hydrogen) atoms. The van der Waals surface area contributed by atoms with Crippen LogP contribution in [0.25, 0.3) is 0 Å². The van der Waals surface area contributed by atoms with Gasteiger partial charge in [0, 0.05) is 6.04 Å². The summed E-state index contributed by atoms with van der Waals surface area (Å²) in [6.45, 7) is 9.04. The lowest BCUT2D eigenvalue weighted by Gasteiger charge is -2.30. The van der Waals surface area contributed by atoms with Crippen molar-refractivity contribution < 1.29 is 4.74 Å². The van der Waals surface area contributed by atoms with Crippen LogP contribution in [0.3, 0.4) is 0 Å². The Labute approximate surface area is 87.7 Å². The zero-order chi connectivity index (χ0) is 10.4. The number of hydrogen-bond acceptors (Lipinski definition) is 2. The number of hydrogen-bond donors (Lipinski definition) is 1. The molecule has 82 valence electrons. The van der Waals surface area contributed by atoms with E-state index in [1.165, 1.54) is 25.7 Å². The molecule has 1 aliphatic rings. The second-order valence-electron chi connectivity index (χ2n) is 4.11. The third-order valence-corrected chi connectivity index (χ3v) is 2.91. The summed E-state index contributed by atoms with van der Waals surface area (Å²) >= 11 is 0. The van der Waals surface area contributed by atoms with Gasteiger partial charge in [-0.15, -0.1) is 6.58 Å². The highest BCUT2D eigenvalue weighted by Gasteiger charge is 2.21. The molecule has 0 heterocycles. The summed E-state index contributed by atoms with van der Waals surface area (Å²) < 4.78 is 5.82. The van der Waals surface area contributed by atoms with Crippen molar-refractivity contribution in [2.24, 2.45) is 0 Å². The maximum Gasteiger partial charge on any atom is 0.0728 e. The fraction of sp³-hybridized carbons (Fsp3) is 0.833. The van der Waals surface area contributed by atoms with E-state index in [1.807, 2.05) is 6.08 Å². The first-order valence-corrected chi connectivity index (χ1v) is 5.77. The van der Waals surface area contributed by atoms with E-state index in [2.05, 4.69) is 25.7 Å². The van der Waals surface area contributed by atoms with Crippen LogP contribution in [0.4, 0.5) is 0 Å². The molecule has 1 saturated carbocycles. The van der Waals surface area contributed by atoms with Crippen molar-refractivity contribution in [3.63, 3.8) is 0 Å². The van der Waals surface area contributed by atoms with Gasteiger partial charge in [-0.1, -0.05) is 13.0 Å². The van der Waals surface area contributed by atoms with Gasteiger partial charge in [0.1, 0.15) is 0 Å². The molecule has 1 N–H and O–H groups in total. The van der Waals surface area contributed by atoms with Crippen LogP contribution in [-0.2, 0) is 4.74 Å². The second-order valence-corrected chi connectivity index (χ2v) is 4.11. The summed E-state index contributed by atoms with van der Waals surface area (Å²) in [5, 5.41) is 3.50. The molecule has 1 atom stereocenters. The van der Waals surface area contributed by atoms with E-state index in [0.717, 1.165) is 12.6 Å². The van der Waals surface area contributed by atoms with Gasteiger partial charge in [0.15, 0.2) is 0 Å². The summed E-state index contributed by atoms with van der Waals surface area (Å²) in [6, 6.07) is 0.721. The van der Waals surface area contributed by atoms with Crippen LogP contribution in [-0.4, -0.2) is 24.8 Å². The zero-order valence-corrected chi connectivity index (χ0v) is 9.46. The van der Waals surface area contributed by atoms with Crippen LogP contribution in [0.15, 0.2) is 12.7 Å². The van der Waals surface area contributed by atoms with E-state index < -0.39 is 0 Å². The molecule has 2 nitrogen and oxygen atoms in total. The van der Waals surface area contributed by atoms with Crippen molar-refractivity contribution in [3.8, 4) is 0 Å². The van der Waals surface area contributed by atoms with E-state index in [1.54, 1.807) is 0 Å². The second kappa shape index (κ2) is 6.20. The molecule has 0 aromatic rings. The molecule has 1 fully saturated rings. The first-order chi connectivity index (χ1) is 6.76. The summed E-state index contributed by atoms with van der Waals surface area (Å²) in [5.74, 6) is 0. The van der Waals surface area contributed by atoms with Crippen molar-refractivity contribution in [1.82, 2.24) is 5.32 Å². The van der Waals surface area contributed by atoms with Crippen LogP contribution in [0, 0.1) is 0 Å².